The molecule has 3 N–H and O–H groups in total. The van der Waals surface area contributed by atoms with Crippen LogP contribution in [0, 0.1) is 0 Å². The van der Waals surface area contributed by atoms with Crippen molar-refractivity contribution in [3.63, 3.8) is 0 Å². The van der Waals surface area contributed by atoms with Crippen molar-refractivity contribution in [2.45, 2.75) is 277 Å². The number of carbonyl (C=O) groups is 4. The van der Waals surface area contributed by atoms with E-state index in [-0.39, 0.29) is 25.7 Å². The lowest BCUT2D eigenvalue weighted by Crippen LogP contribution is -2.30. The van der Waals surface area contributed by atoms with Gasteiger partial charge < -0.3 is 33.8 Å². The number of aliphatic hydroxyl groups excluding tert-OH is 1. The van der Waals surface area contributed by atoms with Gasteiger partial charge in [-0.25, -0.2) is 9.13 Å². The summed E-state index contributed by atoms with van der Waals surface area (Å²) in [5, 5.41) is 10.6. The second-order valence-electron chi connectivity index (χ2n) is 23.4. The molecule has 19 heteroatoms. The van der Waals surface area contributed by atoms with E-state index in [1.165, 1.54) is 25.7 Å². The van der Waals surface area contributed by atoms with Crippen LogP contribution < -0.4 is 0 Å². The molecule has 0 spiro atoms. The Morgan fingerprint density at radius 3 is 0.896 bits per heavy atom. The van der Waals surface area contributed by atoms with Crippen LogP contribution >= 0.6 is 15.6 Å². The summed E-state index contributed by atoms with van der Waals surface area (Å²) in [6.45, 7) is 4.37. The van der Waals surface area contributed by atoms with Gasteiger partial charge >= 0.3 is 39.5 Å². The van der Waals surface area contributed by atoms with Crippen LogP contribution in [0.5, 0.6) is 0 Å². The average molecular weight is 1390 g/mol. The van der Waals surface area contributed by atoms with E-state index in [0.29, 0.717) is 38.5 Å². The number of hydrogen-bond acceptors (Lipinski definition) is 15. The maximum Gasteiger partial charge on any atom is 0.472 e. The van der Waals surface area contributed by atoms with E-state index in [9.17, 15) is 43.2 Å². The molecule has 0 radical (unpaired) electrons. The number of hydrogen-bond donors (Lipinski definition) is 3. The van der Waals surface area contributed by atoms with Crippen LogP contribution in [0.2, 0.25) is 0 Å². The van der Waals surface area contributed by atoms with E-state index < -0.39 is 97.5 Å². The minimum atomic E-state index is -5.00. The third kappa shape index (κ3) is 67.5. The molecule has 5 unspecified atom stereocenters. The third-order valence-electron chi connectivity index (χ3n) is 14.3. The molecule has 0 bridgehead atoms. The molecule has 0 heterocycles. The van der Waals surface area contributed by atoms with Crippen LogP contribution in [0.25, 0.3) is 0 Å². The second-order valence-corrected chi connectivity index (χ2v) is 26.3. The summed E-state index contributed by atoms with van der Waals surface area (Å²) >= 11 is 0. The van der Waals surface area contributed by atoms with E-state index in [1.807, 2.05) is 24.3 Å². The number of phosphoric acid groups is 2. The summed E-state index contributed by atoms with van der Waals surface area (Å²) < 4.78 is 68.1. The number of carbonyl (C=O) groups excluding carboxylic acids is 4. The molecule has 0 fully saturated rings. The van der Waals surface area contributed by atoms with Gasteiger partial charge in [0.05, 0.1) is 26.4 Å². The highest BCUT2D eigenvalue weighted by Gasteiger charge is 2.30. The average Bonchev–Trinajstić information content (AvgIpc) is 1.85. The smallest absolute Gasteiger partial charge is 0.462 e. The van der Waals surface area contributed by atoms with Crippen LogP contribution in [0.3, 0.4) is 0 Å². The molecule has 0 aliphatic carbocycles. The van der Waals surface area contributed by atoms with Gasteiger partial charge in [0.1, 0.15) is 19.3 Å². The fourth-order valence-electron chi connectivity index (χ4n) is 8.78. The summed E-state index contributed by atoms with van der Waals surface area (Å²) in [5.41, 5.74) is 0. The van der Waals surface area contributed by atoms with Crippen molar-refractivity contribution in [2.24, 2.45) is 0 Å². The third-order valence-corrected chi connectivity index (χ3v) is 16.2. The molecule has 0 saturated carbocycles. The Kier molecular flexibility index (Phi) is 64.9. The second kappa shape index (κ2) is 68.5. The Balaban J connectivity index is 5.46. The molecule has 0 aliphatic heterocycles. The van der Waals surface area contributed by atoms with Crippen LogP contribution in [-0.2, 0) is 65.4 Å². The van der Waals surface area contributed by atoms with Gasteiger partial charge in [-0.2, -0.15) is 0 Å². The van der Waals surface area contributed by atoms with Crippen LogP contribution in [0.15, 0.2) is 146 Å². The molecule has 0 aromatic carbocycles. The van der Waals surface area contributed by atoms with Gasteiger partial charge in [0.25, 0.3) is 0 Å². The zero-order chi connectivity index (χ0) is 70.4. The minimum Gasteiger partial charge on any atom is -0.462 e. The fraction of sp³-hybridized carbons (Fsp3) is 0.636. The van der Waals surface area contributed by atoms with Crippen LogP contribution in [0.1, 0.15) is 259 Å². The van der Waals surface area contributed by atoms with Gasteiger partial charge in [0, 0.05) is 25.7 Å². The number of ether oxygens (including phenoxy) is 4. The van der Waals surface area contributed by atoms with Crippen LogP contribution in [-0.4, -0.2) is 96.7 Å². The van der Waals surface area contributed by atoms with Crippen molar-refractivity contribution in [3.05, 3.63) is 146 Å². The quantitative estimate of drug-likeness (QED) is 0.0169. The highest BCUT2D eigenvalue weighted by atomic mass is 31.2. The van der Waals surface area contributed by atoms with Gasteiger partial charge in [0.15, 0.2) is 12.2 Å². The number of aliphatic hydroxyl groups is 1. The molecule has 0 rings (SSSR count). The molecule has 96 heavy (non-hydrogen) atoms. The van der Waals surface area contributed by atoms with Crippen molar-refractivity contribution in [2.75, 3.05) is 39.6 Å². The summed E-state index contributed by atoms with van der Waals surface area (Å²) in [5.74, 6) is -2.35. The molecule has 0 aromatic heterocycles. The molecule has 0 aliphatic rings. The van der Waals surface area contributed by atoms with Gasteiger partial charge in [0.2, 0.25) is 0 Å². The van der Waals surface area contributed by atoms with Crippen molar-refractivity contribution < 1.29 is 80.2 Å². The molecule has 546 valence electrons. The predicted octanol–water partition coefficient (Wildman–Crippen LogP) is 20.3. The summed E-state index contributed by atoms with van der Waals surface area (Å²) in [4.78, 5) is 72.6. The monoisotopic (exact) mass is 1380 g/mol. The molecule has 0 saturated heterocycles. The van der Waals surface area contributed by atoms with Crippen LogP contribution in [0.4, 0.5) is 0 Å². The summed E-state index contributed by atoms with van der Waals surface area (Å²) in [7, 11) is -9.99. The normalized spacial score (nSPS) is 14.9. The number of unbranched alkanes of at least 4 members (excludes halogenated alkanes) is 16. The molecule has 0 aromatic rings. The van der Waals surface area contributed by atoms with Gasteiger partial charge in [-0.1, -0.05) is 238 Å². The molecule has 5 atom stereocenters. The van der Waals surface area contributed by atoms with E-state index >= 15 is 0 Å². The minimum absolute atomic E-state index is 0.000614. The lowest BCUT2D eigenvalue weighted by molar-refractivity contribution is -0.161. The van der Waals surface area contributed by atoms with Gasteiger partial charge in [-0.15, -0.1) is 0 Å². The highest BCUT2D eigenvalue weighted by molar-refractivity contribution is 7.47. The largest absolute Gasteiger partial charge is 0.472 e. The zero-order valence-corrected chi connectivity index (χ0v) is 61.0. The lowest BCUT2D eigenvalue weighted by atomic mass is 10.1. The predicted molar refractivity (Wildman–Crippen MR) is 390 cm³/mol. The van der Waals surface area contributed by atoms with E-state index in [1.54, 1.807) is 0 Å². The molecular weight excluding hydrogens is 1260 g/mol. The van der Waals surface area contributed by atoms with Crippen molar-refractivity contribution in [1.29, 1.82) is 0 Å². The first-order chi connectivity index (χ1) is 46.7. The molecule has 0 amide bonds. The topological polar surface area (TPSA) is 237 Å². The molecule has 17 nitrogen and oxygen atoms in total. The SMILES string of the molecule is CC/C=C\C/C=C\C/C=C\C/C=C\C/C=C\CCCC(=O)OCC(COP(=O)(O)OCC(O)COP(=O)(O)OCC(COC(=O)CCCCCCC/C=C\CCCC)OC(=O)CCCCCCC/C=C\CCCC)OC(=O)CCC/C=C\C/C=C\C/C=C\C/C=C\C/C=C\CC. The Labute approximate surface area is 579 Å². The van der Waals surface area contributed by atoms with Crippen molar-refractivity contribution >= 4 is 39.5 Å². The lowest BCUT2D eigenvalue weighted by Gasteiger charge is -2.21. The first-order valence-electron chi connectivity index (χ1n) is 36.1. The molecular formula is C77H126O17P2. The van der Waals surface area contributed by atoms with Gasteiger partial charge in [-0.05, 0) is 141 Å². The highest BCUT2D eigenvalue weighted by Crippen LogP contribution is 2.45. The fourth-order valence-corrected chi connectivity index (χ4v) is 10.4. The Hall–Kier alpha value is -5.06. The first-order valence-corrected chi connectivity index (χ1v) is 39.1. The van der Waals surface area contributed by atoms with Crippen molar-refractivity contribution in [1.82, 2.24) is 0 Å². The number of esters is 4. The van der Waals surface area contributed by atoms with E-state index in [2.05, 4.69) is 149 Å². The summed E-state index contributed by atoms with van der Waals surface area (Å²) in [6.07, 6.45) is 76.0. The first kappa shape index (κ1) is 90.9. The Morgan fingerprint density at radius 2 is 0.552 bits per heavy atom. The van der Waals surface area contributed by atoms with Gasteiger partial charge in [-0.3, -0.25) is 37.3 Å². The maximum atomic E-state index is 13.0. The zero-order valence-electron chi connectivity index (χ0n) is 59.2. The Bertz CT molecular complexity index is 2400. The Morgan fingerprint density at radius 1 is 0.302 bits per heavy atom. The number of allylic oxidation sites excluding steroid dienone is 24. The van der Waals surface area contributed by atoms with E-state index in [4.69, 9.17) is 37.0 Å². The standard InChI is InChI=1S/C77H126O17P2/c1-5-9-13-17-21-25-29-31-33-35-37-39-43-46-50-54-58-62-75(80)88-68-73(94-77(82)64-60-56-52-48-44-40-38-36-34-32-30-26-22-18-14-10-6-2)70-92-96(85,86)90-66-71(78)65-89-95(83,84)91-69-72(93-76(81)63-59-55-51-47-42-28-24-20-16-12-8-4)67-87-74(79)61-57-53-49-45-41-27-23-19-15-11-7-3/h9-10,13-14,19-26,31-34,37-40,46,48,50,52,71-73,78H,5-8,11-12,15-18,27-30,35-36,41-45,47,49,51,53-70H2,1-4H3,(H,83,84)(H,85,86)/b13-9-,14-10-,23-19-,24-20-,25-21-,26-22-,33-31-,34-32-,39-37-,40-38-,50-46-,52-48-. The maximum absolute atomic E-state index is 13.0. The van der Waals surface area contributed by atoms with Crippen molar-refractivity contribution in [3.8, 4) is 0 Å². The van der Waals surface area contributed by atoms with E-state index in [0.717, 1.165) is 141 Å². The number of phosphoric ester groups is 2. The number of rotatable bonds is 66. The summed E-state index contributed by atoms with van der Waals surface area (Å²) in [6, 6.07) is 0.